The lowest BCUT2D eigenvalue weighted by molar-refractivity contribution is -0.124. The van der Waals surface area contributed by atoms with Crippen molar-refractivity contribution >= 4 is 28.3 Å². The average Bonchev–Trinajstić information content (AvgIpc) is 2.73. The normalized spacial score (nSPS) is 11.9. The van der Waals surface area contributed by atoms with Gasteiger partial charge in [0.1, 0.15) is 5.75 Å². The van der Waals surface area contributed by atoms with E-state index in [-0.39, 0.29) is 24.5 Å². The molecule has 0 saturated carbocycles. The van der Waals surface area contributed by atoms with Crippen LogP contribution < -0.4 is 15.4 Å². The number of anilines is 1. The van der Waals surface area contributed by atoms with Crippen LogP contribution in [0.25, 0.3) is 10.8 Å². The number of ether oxygens (including phenoxy) is 1. The van der Waals surface area contributed by atoms with Crippen molar-refractivity contribution in [2.45, 2.75) is 33.7 Å². The predicted octanol–water partition coefficient (Wildman–Crippen LogP) is 4.94. The Morgan fingerprint density at radius 2 is 1.57 bits per heavy atom. The topological polar surface area (TPSA) is 67.4 Å². The average molecular weight is 405 g/mol. The van der Waals surface area contributed by atoms with Gasteiger partial charge in [0, 0.05) is 11.7 Å². The van der Waals surface area contributed by atoms with Crippen LogP contribution in [0.3, 0.4) is 0 Å². The van der Waals surface area contributed by atoms with Crippen molar-refractivity contribution in [3.05, 3.63) is 71.8 Å². The van der Waals surface area contributed by atoms with Gasteiger partial charge in [0.2, 0.25) is 0 Å². The lowest BCUT2D eigenvalue weighted by Gasteiger charge is -2.18. The molecular formula is C25H28N2O3. The van der Waals surface area contributed by atoms with Crippen molar-refractivity contribution < 1.29 is 14.3 Å². The first kappa shape index (κ1) is 21.4. The molecule has 0 heterocycles. The largest absolute Gasteiger partial charge is 0.483 e. The Hall–Kier alpha value is -3.34. The highest BCUT2D eigenvalue weighted by atomic mass is 16.5. The summed E-state index contributed by atoms with van der Waals surface area (Å²) in [5.41, 5.74) is 2.10. The molecular weight excluding hydrogens is 376 g/mol. The van der Waals surface area contributed by atoms with Gasteiger partial charge in [0.25, 0.3) is 11.8 Å². The van der Waals surface area contributed by atoms with Crippen molar-refractivity contribution in [1.29, 1.82) is 0 Å². The zero-order chi connectivity index (χ0) is 21.7. The van der Waals surface area contributed by atoms with Gasteiger partial charge >= 0.3 is 0 Å². The first-order valence-corrected chi connectivity index (χ1v) is 10.2. The molecule has 0 bridgehead atoms. The van der Waals surface area contributed by atoms with Gasteiger partial charge in [0.05, 0.1) is 5.56 Å². The Morgan fingerprint density at radius 1 is 0.933 bits per heavy atom. The van der Waals surface area contributed by atoms with E-state index in [1.165, 1.54) is 0 Å². The number of amides is 2. The number of nitrogens with one attached hydrogen (secondary N) is 2. The molecule has 156 valence electrons. The molecule has 30 heavy (non-hydrogen) atoms. The molecule has 1 atom stereocenters. The summed E-state index contributed by atoms with van der Waals surface area (Å²) in [5.74, 6) is 0.216. The summed E-state index contributed by atoms with van der Waals surface area (Å²) in [4.78, 5) is 25.3. The number of benzene rings is 3. The fraction of sp³-hybridized carbons (Fsp3) is 0.280. The summed E-state index contributed by atoms with van der Waals surface area (Å²) in [7, 11) is 0. The molecule has 0 radical (unpaired) electrons. The molecule has 0 aliphatic carbocycles. The Kier molecular flexibility index (Phi) is 6.72. The number of rotatable bonds is 7. The molecule has 5 heteroatoms. The molecule has 0 aliphatic heterocycles. The summed E-state index contributed by atoms with van der Waals surface area (Å²) in [6.07, 6.45) is 0. The van der Waals surface area contributed by atoms with Crippen molar-refractivity contribution in [1.82, 2.24) is 5.32 Å². The van der Waals surface area contributed by atoms with Crippen LogP contribution >= 0.6 is 0 Å². The van der Waals surface area contributed by atoms with Crippen molar-refractivity contribution in [2.24, 2.45) is 5.92 Å². The van der Waals surface area contributed by atoms with Crippen LogP contribution in [0.1, 0.15) is 36.7 Å². The van der Waals surface area contributed by atoms with Crippen molar-refractivity contribution in [3.8, 4) is 5.75 Å². The Morgan fingerprint density at radius 3 is 2.23 bits per heavy atom. The maximum absolute atomic E-state index is 13.1. The molecule has 0 aliphatic rings. The Labute approximate surface area is 177 Å². The lowest BCUT2D eigenvalue weighted by atomic mass is 10.0. The van der Waals surface area contributed by atoms with Gasteiger partial charge in [-0.05, 0) is 54.3 Å². The molecule has 3 aromatic carbocycles. The highest BCUT2D eigenvalue weighted by molar-refractivity contribution is 6.09. The van der Waals surface area contributed by atoms with E-state index in [1.54, 1.807) is 12.1 Å². The molecule has 2 amide bonds. The monoisotopic (exact) mass is 404 g/mol. The number of carbonyl (C=O) groups excluding carboxylic acids is 2. The fourth-order valence-corrected chi connectivity index (χ4v) is 3.02. The van der Waals surface area contributed by atoms with Gasteiger partial charge in [-0.25, -0.2) is 0 Å². The number of carbonyl (C=O) groups is 2. The van der Waals surface area contributed by atoms with Crippen LogP contribution in [0, 0.1) is 12.8 Å². The SMILES string of the molecule is Cc1ccccc1NC(=O)c1cc2ccccc2cc1OCC(=O)N[C@@H](C)C(C)C. The smallest absolute Gasteiger partial charge is 0.259 e. The Bertz CT molecular complexity index is 1060. The van der Waals surface area contributed by atoms with Gasteiger partial charge in [-0.15, -0.1) is 0 Å². The second-order valence-corrected chi connectivity index (χ2v) is 7.85. The Balaban J connectivity index is 1.86. The van der Waals surface area contributed by atoms with E-state index in [9.17, 15) is 9.59 Å². The molecule has 0 saturated heterocycles. The van der Waals surface area contributed by atoms with Crippen LogP contribution in [0.15, 0.2) is 60.7 Å². The first-order chi connectivity index (χ1) is 14.3. The number of hydrogen-bond donors (Lipinski definition) is 2. The van der Waals surface area contributed by atoms with E-state index in [2.05, 4.69) is 10.6 Å². The van der Waals surface area contributed by atoms with Crippen LogP contribution in [-0.4, -0.2) is 24.5 Å². The molecule has 0 spiro atoms. The van der Waals surface area contributed by atoms with Crippen molar-refractivity contribution in [3.63, 3.8) is 0 Å². The van der Waals surface area contributed by atoms with Gasteiger partial charge in [0.15, 0.2) is 6.61 Å². The highest BCUT2D eigenvalue weighted by Gasteiger charge is 2.17. The summed E-state index contributed by atoms with van der Waals surface area (Å²) >= 11 is 0. The molecule has 3 aromatic rings. The quantitative estimate of drug-likeness (QED) is 0.586. The minimum Gasteiger partial charge on any atom is -0.483 e. The number of fused-ring (bicyclic) bond motifs is 1. The van der Waals surface area contributed by atoms with E-state index in [0.29, 0.717) is 17.2 Å². The molecule has 0 aromatic heterocycles. The van der Waals surface area contributed by atoms with Gasteiger partial charge in [-0.3, -0.25) is 9.59 Å². The van der Waals surface area contributed by atoms with Crippen LogP contribution in [0.4, 0.5) is 5.69 Å². The van der Waals surface area contributed by atoms with Crippen molar-refractivity contribution in [2.75, 3.05) is 11.9 Å². The molecule has 3 rings (SSSR count). The summed E-state index contributed by atoms with van der Waals surface area (Å²) in [5, 5.41) is 7.73. The third-order valence-electron chi connectivity index (χ3n) is 5.23. The summed E-state index contributed by atoms with van der Waals surface area (Å²) in [6.45, 7) is 7.83. The van der Waals surface area contributed by atoms with E-state index in [0.717, 1.165) is 22.0 Å². The van der Waals surface area contributed by atoms with E-state index in [4.69, 9.17) is 4.74 Å². The first-order valence-electron chi connectivity index (χ1n) is 10.2. The molecule has 5 nitrogen and oxygen atoms in total. The standard InChI is InChI=1S/C25H28N2O3/c1-16(2)18(4)26-24(28)15-30-23-14-20-11-7-6-10-19(20)13-21(23)25(29)27-22-12-8-5-9-17(22)3/h5-14,16,18H,15H2,1-4H3,(H,26,28)(H,27,29)/t18-/m0/s1. The number of para-hydroxylation sites is 1. The van der Waals surface area contributed by atoms with Crippen LogP contribution in [0.5, 0.6) is 5.75 Å². The molecule has 0 unspecified atom stereocenters. The van der Waals surface area contributed by atoms with Crippen LogP contribution in [-0.2, 0) is 4.79 Å². The maximum atomic E-state index is 13.1. The van der Waals surface area contributed by atoms with Gasteiger partial charge in [-0.2, -0.15) is 0 Å². The lowest BCUT2D eigenvalue weighted by Crippen LogP contribution is -2.39. The van der Waals surface area contributed by atoms with E-state index < -0.39 is 0 Å². The fourth-order valence-electron chi connectivity index (χ4n) is 3.02. The third-order valence-corrected chi connectivity index (χ3v) is 5.23. The molecule has 0 fully saturated rings. The van der Waals surface area contributed by atoms with Crippen LogP contribution in [0.2, 0.25) is 0 Å². The second kappa shape index (κ2) is 9.44. The number of hydrogen-bond acceptors (Lipinski definition) is 3. The third kappa shape index (κ3) is 5.17. The second-order valence-electron chi connectivity index (χ2n) is 7.85. The zero-order valence-corrected chi connectivity index (χ0v) is 17.9. The summed E-state index contributed by atoms with van der Waals surface area (Å²) in [6, 6.07) is 19.0. The van der Waals surface area contributed by atoms with E-state index in [1.807, 2.05) is 76.2 Å². The zero-order valence-electron chi connectivity index (χ0n) is 17.9. The maximum Gasteiger partial charge on any atom is 0.259 e. The van der Waals surface area contributed by atoms with E-state index >= 15 is 0 Å². The minimum atomic E-state index is -0.277. The predicted molar refractivity (Wildman–Crippen MR) is 121 cm³/mol. The summed E-state index contributed by atoms with van der Waals surface area (Å²) < 4.78 is 5.80. The molecule has 2 N–H and O–H groups in total. The number of aryl methyl sites for hydroxylation is 1. The minimum absolute atomic E-state index is 0.0431. The van der Waals surface area contributed by atoms with Gasteiger partial charge in [-0.1, -0.05) is 56.3 Å². The van der Waals surface area contributed by atoms with Gasteiger partial charge < -0.3 is 15.4 Å². The highest BCUT2D eigenvalue weighted by Crippen LogP contribution is 2.27.